The van der Waals surface area contributed by atoms with E-state index in [9.17, 15) is 4.79 Å². The monoisotopic (exact) mass is 210 g/mol. The summed E-state index contributed by atoms with van der Waals surface area (Å²) >= 11 is 0. The van der Waals surface area contributed by atoms with Crippen LogP contribution in [0.2, 0.25) is 0 Å². The quantitative estimate of drug-likeness (QED) is 0.526. The Hall–Kier alpha value is -1.05. The molecule has 0 aliphatic heterocycles. The number of allylic oxidation sites excluding steroid dienone is 3. The summed E-state index contributed by atoms with van der Waals surface area (Å²) in [6.07, 6.45) is 5.80. The van der Waals surface area contributed by atoms with E-state index in [-0.39, 0.29) is 11.9 Å². The Morgan fingerprint density at radius 2 is 1.80 bits per heavy atom. The summed E-state index contributed by atoms with van der Waals surface area (Å²) < 4.78 is 5.31. The SMILES string of the molecule is CC=CC(=CC)C(C)C(=O)OC(C)(C)C. The summed E-state index contributed by atoms with van der Waals surface area (Å²) in [5, 5.41) is 0. The fraction of sp³-hybridized carbons (Fsp3) is 0.615. The Labute approximate surface area is 93.0 Å². The minimum absolute atomic E-state index is 0.172. The van der Waals surface area contributed by atoms with E-state index in [1.165, 1.54) is 0 Å². The van der Waals surface area contributed by atoms with Crippen LogP contribution in [0.15, 0.2) is 23.8 Å². The molecule has 0 heterocycles. The van der Waals surface area contributed by atoms with Crippen LogP contribution in [0.3, 0.4) is 0 Å². The molecule has 86 valence electrons. The van der Waals surface area contributed by atoms with Gasteiger partial charge < -0.3 is 4.74 Å². The molecule has 0 N–H and O–H groups in total. The number of ether oxygens (including phenoxy) is 1. The smallest absolute Gasteiger partial charge is 0.313 e. The van der Waals surface area contributed by atoms with Gasteiger partial charge in [-0.15, -0.1) is 0 Å². The molecule has 0 radical (unpaired) electrons. The molecule has 0 amide bonds. The predicted octanol–water partition coefficient (Wildman–Crippen LogP) is 3.49. The lowest BCUT2D eigenvalue weighted by atomic mass is 10.0. The highest BCUT2D eigenvalue weighted by atomic mass is 16.6. The summed E-state index contributed by atoms with van der Waals surface area (Å²) in [4.78, 5) is 11.7. The lowest BCUT2D eigenvalue weighted by molar-refractivity contribution is -0.157. The van der Waals surface area contributed by atoms with Gasteiger partial charge >= 0.3 is 5.97 Å². The van der Waals surface area contributed by atoms with Crippen molar-refractivity contribution in [1.29, 1.82) is 0 Å². The van der Waals surface area contributed by atoms with Crippen LogP contribution in [0.4, 0.5) is 0 Å². The van der Waals surface area contributed by atoms with E-state index in [0.717, 1.165) is 5.57 Å². The number of hydrogen-bond acceptors (Lipinski definition) is 2. The van der Waals surface area contributed by atoms with Gasteiger partial charge in [0.25, 0.3) is 0 Å². The fourth-order valence-electron chi connectivity index (χ4n) is 1.21. The lowest BCUT2D eigenvalue weighted by Gasteiger charge is -2.22. The topological polar surface area (TPSA) is 26.3 Å². The highest BCUT2D eigenvalue weighted by Gasteiger charge is 2.22. The molecular weight excluding hydrogens is 188 g/mol. The van der Waals surface area contributed by atoms with Gasteiger partial charge in [-0.25, -0.2) is 0 Å². The van der Waals surface area contributed by atoms with Crippen LogP contribution in [0, 0.1) is 5.92 Å². The van der Waals surface area contributed by atoms with Gasteiger partial charge in [0.05, 0.1) is 5.92 Å². The van der Waals surface area contributed by atoms with E-state index in [1.807, 2.05) is 59.8 Å². The van der Waals surface area contributed by atoms with Crippen molar-refractivity contribution in [3.8, 4) is 0 Å². The molecule has 1 atom stereocenters. The van der Waals surface area contributed by atoms with Crippen LogP contribution in [0.5, 0.6) is 0 Å². The molecule has 2 heteroatoms. The average molecular weight is 210 g/mol. The number of hydrogen-bond donors (Lipinski definition) is 0. The Balaban J connectivity index is 4.57. The molecule has 0 spiro atoms. The van der Waals surface area contributed by atoms with Crippen LogP contribution in [-0.4, -0.2) is 11.6 Å². The number of esters is 1. The van der Waals surface area contributed by atoms with Crippen LogP contribution >= 0.6 is 0 Å². The fourth-order valence-corrected chi connectivity index (χ4v) is 1.21. The molecule has 0 aliphatic carbocycles. The van der Waals surface area contributed by atoms with Gasteiger partial charge in [0, 0.05) is 0 Å². The van der Waals surface area contributed by atoms with Gasteiger partial charge in [-0.05, 0) is 47.1 Å². The van der Waals surface area contributed by atoms with Crippen LogP contribution in [0.25, 0.3) is 0 Å². The second-order valence-corrected chi connectivity index (χ2v) is 4.54. The maximum absolute atomic E-state index is 11.7. The first-order valence-corrected chi connectivity index (χ1v) is 5.33. The minimum Gasteiger partial charge on any atom is -0.460 e. The van der Waals surface area contributed by atoms with Gasteiger partial charge in [-0.3, -0.25) is 4.79 Å². The molecule has 0 aliphatic rings. The maximum Gasteiger partial charge on any atom is 0.313 e. The Bertz CT molecular complexity index is 267. The van der Waals surface area contributed by atoms with Crippen molar-refractivity contribution in [1.82, 2.24) is 0 Å². The summed E-state index contributed by atoms with van der Waals surface area (Å²) in [5.41, 5.74) is 0.576. The Morgan fingerprint density at radius 3 is 2.13 bits per heavy atom. The molecule has 0 fully saturated rings. The van der Waals surface area contributed by atoms with Crippen molar-refractivity contribution in [3.05, 3.63) is 23.8 Å². The van der Waals surface area contributed by atoms with E-state index in [1.54, 1.807) is 0 Å². The van der Waals surface area contributed by atoms with E-state index < -0.39 is 5.60 Å². The van der Waals surface area contributed by atoms with Crippen LogP contribution < -0.4 is 0 Å². The molecule has 0 aromatic rings. The zero-order valence-electron chi connectivity index (χ0n) is 10.6. The van der Waals surface area contributed by atoms with Gasteiger partial charge in [-0.1, -0.05) is 18.2 Å². The lowest BCUT2D eigenvalue weighted by Crippen LogP contribution is -2.28. The molecule has 15 heavy (non-hydrogen) atoms. The van der Waals surface area contributed by atoms with E-state index in [0.29, 0.717) is 0 Å². The highest BCUT2D eigenvalue weighted by molar-refractivity contribution is 5.76. The van der Waals surface area contributed by atoms with Gasteiger partial charge in [0.2, 0.25) is 0 Å². The number of carbonyl (C=O) groups is 1. The zero-order valence-corrected chi connectivity index (χ0v) is 10.6. The molecule has 0 saturated carbocycles. The maximum atomic E-state index is 11.7. The molecule has 2 nitrogen and oxygen atoms in total. The van der Waals surface area contributed by atoms with Crippen molar-refractivity contribution in [2.45, 2.75) is 47.1 Å². The molecular formula is C13H22O2. The molecule has 0 saturated heterocycles. The summed E-state index contributed by atoms with van der Waals surface area (Å²) in [7, 11) is 0. The molecule has 0 aromatic carbocycles. The number of carbonyl (C=O) groups excluding carboxylic acids is 1. The van der Waals surface area contributed by atoms with Gasteiger partial charge in [-0.2, -0.15) is 0 Å². The first-order chi connectivity index (χ1) is 6.81. The number of rotatable bonds is 3. The van der Waals surface area contributed by atoms with E-state index >= 15 is 0 Å². The molecule has 1 unspecified atom stereocenters. The Morgan fingerprint density at radius 1 is 1.27 bits per heavy atom. The van der Waals surface area contributed by atoms with Crippen molar-refractivity contribution in [2.24, 2.45) is 5.92 Å². The van der Waals surface area contributed by atoms with Crippen molar-refractivity contribution >= 4 is 5.97 Å². The summed E-state index contributed by atoms with van der Waals surface area (Å²) in [6, 6.07) is 0. The van der Waals surface area contributed by atoms with E-state index in [4.69, 9.17) is 4.74 Å². The summed E-state index contributed by atoms with van der Waals surface area (Å²) in [6.45, 7) is 11.4. The second-order valence-electron chi connectivity index (χ2n) is 4.54. The zero-order chi connectivity index (χ0) is 12.1. The Kier molecular flexibility index (Phi) is 5.34. The standard InChI is InChI=1S/C13H22O2/c1-7-9-11(8-2)10(3)12(14)15-13(4,5)6/h7-10H,1-6H3. The minimum atomic E-state index is -0.417. The second kappa shape index (κ2) is 5.74. The molecule has 0 rings (SSSR count). The normalized spacial score (nSPS) is 15.5. The first-order valence-electron chi connectivity index (χ1n) is 5.33. The van der Waals surface area contributed by atoms with Crippen LogP contribution in [0.1, 0.15) is 41.5 Å². The molecule has 0 bridgehead atoms. The first kappa shape index (κ1) is 13.9. The third-order valence-electron chi connectivity index (χ3n) is 1.95. The highest BCUT2D eigenvalue weighted by Crippen LogP contribution is 2.18. The molecule has 0 aromatic heterocycles. The third-order valence-corrected chi connectivity index (χ3v) is 1.95. The summed E-state index contributed by atoms with van der Waals surface area (Å²) in [5.74, 6) is -0.376. The van der Waals surface area contributed by atoms with Crippen molar-refractivity contribution in [2.75, 3.05) is 0 Å². The third kappa shape index (κ3) is 5.40. The van der Waals surface area contributed by atoms with Gasteiger partial charge in [0.15, 0.2) is 0 Å². The predicted molar refractivity (Wildman–Crippen MR) is 63.6 cm³/mol. The van der Waals surface area contributed by atoms with Crippen molar-refractivity contribution in [3.63, 3.8) is 0 Å². The van der Waals surface area contributed by atoms with Crippen LogP contribution in [-0.2, 0) is 9.53 Å². The largest absolute Gasteiger partial charge is 0.460 e. The average Bonchev–Trinajstić information content (AvgIpc) is 2.10. The van der Waals surface area contributed by atoms with Crippen molar-refractivity contribution < 1.29 is 9.53 Å². The van der Waals surface area contributed by atoms with E-state index in [2.05, 4.69) is 0 Å². The van der Waals surface area contributed by atoms with Gasteiger partial charge in [0.1, 0.15) is 5.60 Å².